The first-order chi connectivity index (χ1) is 9.67. The van der Waals surface area contributed by atoms with Crippen LogP contribution in [0.15, 0.2) is 12.3 Å². The number of rotatable bonds is 4. The average Bonchev–Trinajstić information content (AvgIpc) is 2.48. The van der Waals surface area contributed by atoms with Gasteiger partial charge in [0, 0.05) is 25.3 Å². The highest BCUT2D eigenvalue weighted by Crippen LogP contribution is 2.24. The highest BCUT2D eigenvalue weighted by atomic mass is 35.5. The molecular weight excluding hydrogens is 274 g/mol. The van der Waals surface area contributed by atoms with Crippen LogP contribution in [0.4, 0.5) is 5.82 Å². The van der Waals surface area contributed by atoms with Crippen LogP contribution in [0, 0.1) is 0 Å². The van der Waals surface area contributed by atoms with Gasteiger partial charge in [-0.05, 0) is 38.7 Å². The Morgan fingerprint density at radius 2 is 2.30 bits per heavy atom. The minimum atomic E-state index is 0.0500. The van der Waals surface area contributed by atoms with E-state index < -0.39 is 0 Å². The molecule has 20 heavy (non-hydrogen) atoms. The average molecular weight is 296 g/mol. The summed E-state index contributed by atoms with van der Waals surface area (Å²) < 4.78 is 0. The van der Waals surface area contributed by atoms with Crippen LogP contribution in [0.25, 0.3) is 0 Å². The molecule has 5 heteroatoms. The van der Waals surface area contributed by atoms with Crippen LogP contribution in [0.5, 0.6) is 0 Å². The molecule has 1 amide bonds. The molecule has 110 valence electrons. The fourth-order valence-electron chi connectivity index (χ4n) is 2.71. The van der Waals surface area contributed by atoms with E-state index in [2.05, 4.69) is 17.2 Å². The molecular formula is C15H22ClN3O. The topological polar surface area (TPSA) is 45.2 Å². The Morgan fingerprint density at radius 1 is 1.50 bits per heavy atom. The molecule has 1 saturated heterocycles. The third kappa shape index (κ3) is 3.23. The fraction of sp³-hybridized carbons (Fsp3) is 0.600. The maximum absolute atomic E-state index is 12.6. The lowest BCUT2D eigenvalue weighted by molar-refractivity contribution is 0.0607. The lowest BCUT2D eigenvalue weighted by Gasteiger charge is -2.35. The van der Waals surface area contributed by atoms with Gasteiger partial charge in [0.25, 0.3) is 5.91 Å². The maximum Gasteiger partial charge on any atom is 0.255 e. The number of aromatic nitrogens is 1. The SMILES string of the molecule is CCNc1ncc(C(=O)N2CCCCC2CC)cc1Cl. The number of piperidine rings is 1. The Morgan fingerprint density at radius 3 is 2.95 bits per heavy atom. The summed E-state index contributed by atoms with van der Waals surface area (Å²) in [5, 5.41) is 3.58. The summed E-state index contributed by atoms with van der Waals surface area (Å²) in [7, 11) is 0. The summed E-state index contributed by atoms with van der Waals surface area (Å²) in [5.41, 5.74) is 0.581. The number of nitrogens with zero attached hydrogens (tertiary/aromatic N) is 2. The number of amides is 1. The van der Waals surface area contributed by atoms with Gasteiger partial charge in [-0.15, -0.1) is 0 Å². The zero-order valence-corrected chi connectivity index (χ0v) is 12.9. The predicted octanol–water partition coefficient (Wildman–Crippen LogP) is 3.57. The van der Waals surface area contributed by atoms with Gasteiger partial charge in [-0.1, -0.05) is 18.5 Å². The van der Waals surface area contributed by atoms with Crippen molar-refractivity contribution >= 4 is 23.3 Å². The molecule has 0 spiro atoms. The summed E-state index contributed by atoms with van der Waals surface area (Å²) in [6, 6.07) is 2.07. The van der Waals surface area contributed by atoms with Crippen molar-refractivity contribution in [1.82, 2.24) is 9.88 Å². The van der Waals surface area contributed by atoms with Crippen molar-refractivity contribution in [3.63, 3.8) is 0 Å². The molecule has 1 aromatic rings. The van der Waals surface area contributed by atoms with Gasteiger partial charge in [0.05, 0.1) is 10.6 Å². The molecule has 1 aliphatic rings. The van der Waals surface area contributed by atoms with Gasteiger partial charge >= 0.3 is 0 Å². The van der Waals surface area contributed by atoms with Crippen molar-refractivity contribution < 1.29 is 4.79 Å². The Bertz CT molecular complexity index is 478. The number of pyridine rings is 1. The van der Waals surface area contributed by atoms with Gasteiger partial charge in [0.15, 0.2) is 0 Å². The predicted molar refractivity (Wildman–Crippen MR) is 82.4 cm³/mol. The molecule has 1 aromatic heterocycles. The van der Waals surface area contributed by atoms with E-state index in [-0.39, 0.29) is 5.91 Å². The molecule has 0 aliphatic carbocycles. The van der Waals surface area contributed by atoms with E-state index >= 15 is 0 Å². The number of hydrogen-bond donors (Lipinski definition) is 1. The van der Waals surface area contributed by atoms with Gasteiger partial charge in [-0.25, -0.2) is 4.98 Å². The van der Waals surface area contributed by atoms with E-state index in [0.717, 1.165) is 32.4 Å². The number of nitrogens with one attached hydrogen (secondary N) is 1. The molecule has 0 saturated carbocycles. The minimum absolute atomic E-state index is 0.0500. The van der Waals surface area contributed by atoms with Gasteiger partial charge in [-0.2, -0.15) is 0 Å². The van der Waals surface area contributed by atoms with Crippen LogP contribution < -0.4 is 5.32 Å². The van der Waals surface area contributed by atoms with Gasteiger partial charge in [0.2, 0.25) is 0 Å². The van der Waals surface area contributed by atoms with E-state index in [4.69, 9.17) is 11.6 Å². The summed E-state index contributed by atoms with van der Waals surface area (Å²) >= 11 is 6.17. The monoisotopic (exact) mass is 295 g/mol. The zero-order chi connectivity index (χ0) is 14.5. The standard InChI is InChI=1S/C15H22ClN3O/c1-3-12-7-5-6-8-19(12)15(20)11-9-13(16)14(17-4-2)18-10-11/h9-10,12H,3-8H2,1-2H3,(H,17,18). The first-order valence-corrected chi connectivity index (χ1v) is 7.75. The van der Waals surface area contributed by atoms with Crippen molar-refractivity contribution in [3.05, 3.63) is 22.8 Å². The number of likely N-dealkylation sites (tertiary alicyclic amines) is 1. The Kier molecular flexibility index (Phi) is 5.24. The number of carbonyl (C=O) groups excluding carboxylic acids is 1. The van der Waals surface area contributed by atoms with Crippen molar-refractivity contribution in [2.45, 2.75) is 45.6 Å². The van der Waals surface area contributed by atoms with E-state index in [1.54, 1.807) is 12.3 Å². The van der Waals surface area contributed by atoms with Gasteiger partial charge in [0.1, 0.15) is 5.82 Å². The molecule has 2 rings (SSSR count). The Hall–Kier alpha value is -1.29. The molecule has 0 radical (unpaired) electrons. The first-order valence-electron chi connectivity index (χ1n) is 7.37. The minimum Gasteiger partial charge on any atom is -0.369 e. The van der Waals surface area contributed by atoms with Crippen molar-refractivity contribution in [3.8, 4) is 0 Å². The van der Waals surface area contributed by atoms with E-state index in [1.807, 2.05) is 11.8 Å². The molecule has 0 aromatic carbocycles. The lowest BCUT2D eigenvalue weighted by Crippen LogP contribution is -2.43. The van der Waals surface area contributed by atoms with Crippen LogP contribution >= 0.6 is 11.6 Å². The van der Waals surface area contributed by atoms with E-state index in [9.17, 15) is 4.79 Å². The number of anilines is 1. The van der Waals surface area contributed by atoms with Crippen molar-refractivity contribution in [2.75, 3.05) is 18.4 Å². The zero-order valence-electron chi connectivity index (χ0n) is 12.2. The number of halogens is 1. The van der Waals surface area contributed by atoms with Crippen LogP contribution in [0.1, 0.15) is 49.9 Å². The third-order valence-corrected chi connectivity index (χ3v) is 4.08. The second-order valence-electron chi connectivity index (χ2n) is 5.14. The fourth-order valence-corrected chi connectivity index (χ4v) is 2.94. The second kappa shape index (κ2) is 6.93. The molecule has 1 N–H and O–H groups in total. The van der Waals surface area contributed by atoms with Gasteiger partial charge < -0.3 is 10.2 Å². The Labute approximate surface area is 125 Å². The molecule has 1 aliphatic heterocycles. The maximum atomic E-state index is 12.6. The van der Waals surface area contributed by atoms with Crippen molar-refractivity contribution in [1.29, 1.82) is 0 Å². The molecule has 0 bridgehead atoms. The van der Waals surface area contributed by atoms with E-state index in [1.165, 1.54) is 6.42 Å². The molecule has 4 nitrogen and oxygen atoms in total. The quantitative estimate of drug-likeness (QED) is 0.923. The molecule has 1 fully saturated rings. The molecule has 1 atom stereocenters. The van der Waals surface area contributed by atoms with E-state index in [0.29, 0.717) is 22.4 Å². The lowest BCUT2D eigenvalue weighted by atomic mass is 9.99. The summed E-state index contributed by atoms with van der Waals surface area (Å²) in [5.74, 6) is 0.686. The molecule has 2 heterocycles. The largest absolute Gasteiger partial charge is 0.369 e. The van der Waals surface area contributed by atoms with Gasteiger partial charge in [-0.3, -0.25) is 4.79 Å². The highest BCUT2D eigenvalue weighted by Gasteiger charge is 2.26. The first kappa shape index (κ1) is 15.1. The Balaban J connectivity index is 2.17. The molecule has 1 unspecified atom stereocenters. The summed E-state index contributed by atoms with van der Waals surface area (Å²) in [4.78, 5) is 18.8. The van der Waals surface area contributed by atoms with Crippen LogP contribution in [0.3, 0.4) is 0 Å². The number of carbonyl (C=O) groups is 1. The normalized spacial score (nSPS) is 18.9. The summed E-state index contributed by atoms with van der Waals surface area (Å²) in [6.45, 7) is 5.71. The van der Waals surface area contributed by atoms with Crippen LogP contribution in [-0.2, 0) is 0 Å². The smallest absolute Gasteiger partial charge is 0.255 e. The highest BCUT2D eigenvalue weighted by molar-refractivity contribution is 6.33. The van der Waals surface area contributed by atoms with Crippen molar-refractivity contribution in [2.24, 2.45) is 0 Å². The third-order valence-electron chi connectivity index (χ3n) is 3.79. The van der Waals surface area contributed by atoms with Crippen LogP contribution in [0.2, 0.25) is 5.02 Å². The number of hydrogen-bond acceptors (Lipinski definition) is 3. The summed E-state index contributed by atoms with van der Waals surface area (Å²) in [6.07, 6.45) is 6.01. The second-order valence-corrected chi connectivity index (χ2v) is 5.55. The van der Waals surface area contributed by atoms with Crippen LogP contribution in [-0.4, -0.2) is 34.9 Å².